The van der Waals surface area contributed by atoms with E-state index in [1.807, 2.05) is 30.3 Å². The summed E-state index contributed by atoms with van der Waals surface area (Å²) in [5, 5.41) is 24.0. The molecule has 1 aromatic carbocycles. The summed E-state index contributed by atoms with van der Waals surface area (Å²) >= 11 is 0. The Kier molecular flexibility index (Phi) is 11.7. The quantitative estimate of drug-likeness (QED) is 0.231. The van der Waals surface area contributed by atoms with Crippen LogP contribution in [-0.2, 0) is 25.7 Å². The van der Waals surface area contributed by atoms with Crippen LogP contribution in [0.25, 0.3) is 0 Å². The van der Waals surface area contributed by atoms with Gasteiger partial charge in [-0.05, 0) is 86.5 Å². The van der Waals surface area contributed by atoms with Crippen molar-refractivity contribution in [3.05, 3.63) is 35.9 Å². The first-order valence-corrected chi connectivity index (χ1v) is 15.4. The molecule has 4 rings (SSSR count). The molecular weight excluding hydrogens is 494 g/mol. The van der Waals surface area contributed by atoms with Gasteiger partial charge in [0.1, 0.15) is 19.8 Å². The van der Waals surface area contributed by atoms with Gasteiger partial charge in [0.25, 0.3) is 0 Å². The maximum atomic E-state index is 12.4. The first-order chi connectivity index (χ1) is 18.9. The highest BCUT2D eigenvalue weighted by atomic mass is 16.5. The van der Waals surface area contributed by atoms with Gasteiger partial charge < -0.3 is 25.0 Å². The van der Waals surface area contributed by atoms with E-state index in [0.29, 0.717) is 29.6 Å². The number of benzene rings is 1. The maximum Gasteiger partial charge on any atom is 0.325 e. The summed E-state index contributed by atoms with van der Waals surface area (Å²) in [6.45, 7) is 2.16. The Hall–Kier alpha value is -1.96. The van der Waals surface area contributed by atoms with Crippen LogP contribution in [0.3, 0.4) is 0 Å². The van der Waals surface area contributed by atoms with Crippen LogP contribution in [0.4, 0.5) is 0 Å². The van der Waals surface area contributed by atoms with Crippen molar-refractivity contribution in [1.82, 2.24) is 5.32 Å². The van der Waals surface area contributed by atoms with Gasteiger partial charge in [-0.3, -0.25) is 9.59 Å². The standard InChI is InChI=1S/C32H49NO6/c1-2-3-5-12-25(34)14-15-26-27-16-23-11-8-13-30(28(23)17-24(27)18-29(26)35)38-21-31(36)33-19-32(37)39-20-22-9-6-4-7-10-22/h4,6-7,9-10,23-30,34-35H,2-3,5,8,11-21H2,1H3,(H,33,36)/t23?,24-,25-,26+,27-,28?,29+,30?/m0/s1. The molecule has 7 heteroatoms. The van der Waals surface area contributed by atoms with Crippen molar-refractivity contribution in [2.75, 3.05) is 13.2 Å². The average molecular weight is 544 g/mol. The number of nitrogens with one attached hydrogen (secondary N) is 1. The van der Waals surface area contributed by atoms with Gasteiger partial charge in [0, 0.05) is 0 Å². The fourth-order valence-electron chi connectivity index (χ4n) is 7.55. The Morgan fingerprint density at radius 3 is 2.62 bits per heavy atom. The first-order valence-electron chi connectivity index (χ1n) is 15.4. The lowest BCUT2D eigenvalue weighted by Crippen LogP contribution is -2.43. The number of ether oxygens (including phenoxy) is 2. The van der Waals surface area contributed by atoms with Gasteiger partial charge in [0.15, 0.2) is 0 Å². The summed E-state index contributed by atoms with van der Waals surface area (Å²) in [5.41, 5.74) is 0.906. The average Bonchev–Trinajstić information content (AvgIpc) is 3.25. The van der Waals surface area contributed by atoms with Gasteiger partial charge in [0.2, 0.25) is 5.91 Å². The van der Waals surface area contributed by atoms with Gasteiger partial charge in [0.05, 0.1) is 18.3 Å². The highest BCUT2D eigenvalue weighted by Crippen LogP contribution is 2.54. The number of amides is 1. The zero-order valence-corrected chi connectivity index (χ0v) is 23.6. The summed E-state index contributed by atoms with van der Waals surface area (Å²) in [6, 6.07) is 9.45. The number of esters is 1. The third-order valence-corrected chi connectivity index (χ3v) is 9.57. The van der Waals surface area contributed by atoms with E-state index in [2.05, 4.69) is 12.2 Å². The van der Waals surface area contributed by atoms with Gasteiger partial charge in [-0.25, -0.2) is 0 Å². The zero-order valence-electron chi connectivity index (χ0n) is 23.6. The van der Waals surface area contributed by atoms with E-state index in [1.165, 1.54) is 19.3 Å². The third-order valence-electron chi connectivity index (χ3n) is 9.57. The molecule has 0 heterocycles. The van der Waals surface area contributed by atoms with Gasteiger partial charge in [-0.2, -0.15) is 0 Å². The van der Waals surface area contributed by atoms with Crippen LogP contribution in [0.15, 0.2) is 30.3 Å². The predicted octanol–water partition coefficient (Wildman–Crippen LogP) is 4.78. The number of hydrogen-bond donors (Lipinski definition) is 3. The fraction of sp³-hybridized carbons (Fsp3) is 0.750. The largest absolute Gasteiger partial charge is 0.460 e. The smallest absolute Gasteiger partial charge is 0.325 e. The van der Waals surface area contributed by atoms with Crippen molar-refractivity contribution >= 4 is 11.9 Å². The molecule has 0 radical (unpaired) electrons. The van der Waals surface area contributed by atoms with E-state index in [9.17, 15) is 19.8 Å². The minimum absolute atomic E-state index is 0.0465. The van der Waals surface area contributed by atoms with Gasteiger partial charge in [-0.15, -0.1) is 0 Å². The number of aliphatic hydroxyl groups excluding tert-OH is 2. The predicted molar refractivity (Wildman–Crippen MR) is 150 cm³/mol. The Morgan fingerprint density at radius 2 is 1.82 bits per heavy atom. The fourth-order valence-corrected chi connectivity index (χ4v) is 7.55. The van der Waals surface area contributed by atoms with Crippen molar-refractivity contribution < 1.29 is 29.3 Å². The maximum absolute atomic E-state index is 12.4. The number of rotatable bonds is 14. The van der Waals surface area contributed by atoms with E-state index >= 15 is 0 Å². The lowest BCUT2D eigenvalue weighted by molar-refractivity contribution is -0.146. The minimum Gasteiger partial charge on any atom is -0.460 e. The molecule has 0 aromatic heterocycles. The summed E-state index contributed by atoms with van der Waals surface area (Å²) in [6.07, 6.45) is 11.8. The second-order valence-corrected chi connectivity index (χ2v) is 12.2. The molecule has 8 atom stereocenters. The number of fused-ring (bicyclic) bond motifs is 2. The van der Waals surface area contributed by atoms with Crippen LogP contribution in [0.1, 0.15) is 89.5 Å². The van der Waals surface area contributed by atoms with E-state index < -0.39 is 5.97 Å². The van der Waals surface area contributed by atoms with E-state index in [-0.39, 0.29) is 44.0 Å². The lowest BCUT2D eigenvalue weighted by Gasteiger charge is -2.46. The number of carbonyl (C=O) groups is 2. The van der Waals surface area contributed by atoms with Crippen LogP contribution < -0.4 is 5.32 Å². The Morgan fingerprint density at radius 1 is 1.03 bits per heavy atom. The molecule has 1 aromatic rings. The molecule has 0 spiro atoms. The van der Waals surface area contributed by atoms with Gasteiger partial charge in [-0.1, -0.05) is 62.9 Å². The number of unbranched alkanes of at least 4 members (excludes halogenated alkanes) is 2. The molecule has 0 saturated heterocycles. The van der Waals surface area contributed by atoms with Crippen LogP contribution in [0.5, 0.6) is 0 Å². The second-order valence-electron chi connectivity index (χ2n) is 12.2. The SMILES string of the molecule is CCCCC[C@H](O)CC[C@@H]1[C@H]2CC3CCCC(OCC(=O)NCC(=O)OCc4ccccc4)C3C[C@H]2C[C@H]1O. The Balaban J connectivity index is 1.19. The van der Waals surface area contributed by atoms with Crippen molar-refractivity contribution in [3.8, 4) is 0 Å². The molecule has 3 aliphatic carbocycles. The topological polar surface area (TPSA) is 105 Å². The van der Waals surface area contributed by atoms with E-state index in [4.69, 9.17) is 9.47 Å². The zero-order chi connectivity index (χ0) is 27.6. The third kappa shape index (κ3) is 8.76. The normalized spacial score (nSPS) is 30.7. The lowest BCUT2D eigenvalue weighted by atomic mass is 9.61. The molecule has 218 valence electrons. The van der Waals surface area contributed by atoms with Crippen molar-refractivity contribution in [2.24, 2.45) is 29.6 Å². The monoisotopic (exact) mass is 543 g/mol. The molecule has 3 saturated carbocycles. The molecule has 3 N–H and O–H groups in total. The Labute approximate surface area is 234 Å². The van der Waals surface area contributed by atoms with E-state index in [1.54, 1.807) is 0 Å². The number of hydrogen-bond acceptors (Lipinski definition) is 6. The van der Waals surface area contributed by atoms with Crippen LogP contribution >= 0.6 is 0 Å². The van der Waals surface area contributed by atoms with Crippen molar-refractivity contribution in [2.45, 2.75) is 109 Å². The molecule has 7 nitrogen and oxygen atoms in total. The molecule has 3 fully saturated rings. The molecule has 3 aliphatic rings. The van der Waals surface area contributed by atoms with Crippen LogP contribution in [0.2, 0.25) is 0 Å². The van der Waals surface area contributed by atoms with Crippen LogP contribution in [0, 0.1) is 29.6 Å². The van der Waals surface area contributed by atoms with Gasteiger partial charge >= 0.3 is 5.97 Å². The molecular formula is C32H49NO6. The molecule has 0 bridgehead atoms. The highest BCUT2D eigenvalue weighted by Gasteiger charge is 2.50. The summed E-state index contributed by atoms with van der Waals surface area (Å²) in [4.78, 5) is 24.4. The van der Waals surface area contributed by atoms with Crippen LogP contribution in [-0.4, -0.2) is 53.6 Å². The number of aliphatic hydroxyl groups is 2. The molecule has 3 unspecified atom stereocenters. The highest BCUT2D eigenvalue weighted by molar-refractivity contribution is 5.82. The molecule has 1 amide bonds. The summed E-state index contributed by atoms with van der Waals surface area (Å²) in [7, 11) is 0. The first kappa shape index (κ1) is 30.0. The van der Waals surface area contributed by atoms with E-state index in [0.717, 1.165) is 63.4 Å². The summed E-state index contributed by atoms with van der Waals surface area (Å²) in [5.74, 6) is 1.57. The van der Waals surface area contributed by atoms with Crippen molar-refractivity contribution in [1.29, 1.82) is 0 Å². The Bertz CT molecular complexity index is 894. The molecule has 0 aliphatic heterocycles. The molecule has 39 heavy (non-hydrogen) atoms. The number of carbonyl (C=O) groups excluding carboxylic acids is 2. The minimum atomic E-state index is -0.467. The summed E-state index contributed by atoms with van der Waals surface area (Å²) < 4.78 is 11.4. The second kappa shape index (κ2) is 15.2. The van der Waals surface area contributed by atoms with Crippen molar-refractivity contribution in [3.63, 3.8) is 0 Å².